The number of hydrogen-bond donors (Lipinski definition) is 1. The maximum absolute atomic E-state index is 5.54. The molecule has 0 bridgehead atoms. The lowest BCUT2D eigenvalue weighted by molar-refractivity contribution is 0.173. The molecule has 0 fully saturated rings. The Bertz CT molecular complexity index is 687. The van der Waals surface area contributed by atoms with Gasteiger partial charge in [-0.1, -0.05) is 18.2 Å². The first kappa shape index (κ1) is 15.5. The molecule has 1 heterocycles. The second kappa shape index (κ2) is 6.79. The van der Waals surface area contributed by atoms with Crippen LogP contribution in [0.2, 0.25) is 0 Å². The van der Waals surface area contributed by atoms with Gasteiger partial charge >= 0.3 is 0 Å². The molecule has 5 nitrogen and oxygen atoms in total. The molecule has 1 aliphatic heterocycles. The highest BCUT2D eigenvalue weighted by molar-refractivity contribution is 5.48. The monoisotopic (exact) mass is 315 g/mol. The lowest BCUT2D eigenvalue weighted by Crippen LogP contribution is -2.18. The molecule has 5 heteroatoms. The summed E-state index contributed by atoms with van der Waals surface area (Å²) in [6.45, 7) is 3.10. The third-order valence-corrected chi connectivity index (χ3v) is 3.98. The van der Waals surface area contributed by atoms with Gasteiger partial charge in [0.2, 0.25) is 6.79 Å². The van der Waals surface area contributed by atoms with Crippen LogP contribution in [0.15, 0.2) is 36.4 Å². The van der Waals surface area contributed by atoms with Gasteiger partial charge in [0.05, 0.1) is 14.2 Å². The zero-order valence-electron chi connectivity index (χ0n) is 13.6. The van der Waals surface area contributed by atoms with Crippen molar-refractivity contribution in [2.75, 3.05) is 21.0 Å². The molecule has 1 aliphatic rings. The Morgan fingerprint density at radius 3 is 2.70 bits per heavy atom. The largest absolute Gasteiger partial charge is 0.493 e. The van der Waals surface area contributed by atoms with Crippen LogP contribution in [0.5, 0.6) is 23.0 Å². The lowest BCUT2D eigenvalue weighted by Gasteiger charge is -2.17. The Kier molecular flexibility index (Phi) is 4.57. The minimum absolute atomic E-state index is 0.160. The van der Waals surface area contributed by atoms with E-state index in [1.54, 1.807) is 14.2 Å². The van der Waals surface area contributed by atoms with E-state index in [0.29, 0.717) is 6.54 Å². The second-order valence-corrected chi connectivity index (χ2v) is 5.37. The lowest BCUT2D eigenvalue weighted by atomic mass is 10.1. The van der Waals surface area contributed by atoms with Crippen molar-refractivity contribution in [3.05, 3.63) is 47.5 Å². The number of ether oxygens (including phenoxy) is 4. The van der Waals surface area contributed by atoms with Crippen molar-refractivity contribution in [2.24, 2.45) is 0 Å². The Labute approximate surface area is 136 Å². The van der Waals surface area contributed by atoms with Crippen molar-refractivity contribution in [3.8, 4) is 23.0 Å². The van der Waals surface area contributed by atoms with Crippen LogP contribution in [0.4, 0.5) is 0 Å². The van der Waals surface area contributed by atoms with Gasteiger partial charge in [-0.2, -0.15) is 0 Å². The first-order valence-corrected chi connectivity index (χ1v) is 7.55. The Balaban J connectivity index is 1.70. The number of fused-ring (bicyclic) bond motifs is 1. The fraction of sp³-hybridized carbons (Fsp3) is 0.333. The van der Waals surface area contributed by atoms with Gasteiger partial charge in [-0.05, 0) is 30.7 Å². The number of rotatable bonds is 6. The van der Waals surface area contributed by atoms with E-state index in [-0.39, 0.29) is 12.8 Å². The summed E-state index contributed by atoms with van der Waals surface area (Å²) in [7, 11) is 3.28. The summed E-state index contributed by atoms with van der Waals surface area (Å²) in [5.74, 6) is 3.11. The standard InChI is InChI=1S/C18H21NO4/c1-12(13-7-8-15(20-2)17(9-13)21-3)19-10-14-5-4-6-16-18(14)23-11-22-16/h4-9,12,19H,10-11H2,1-3H3/t12-/m0/s1. The van der Waals surface area contributed by atoms with E-state index in [1.165, 1.54) is 0 Å². The molecule has 0 amide bonds. The molecule has 2 aromatic carbocycles. The predicted molar refractivity (Wildman–Crippen MR) is 87.4 cm³/mol. The van der Waals surface area contributed by atoms with Crippen LogP contribution in [0, 0.1) is 0 Å². The van der Waals surface area contributed by atoms with Crippen LogP contribution < -0.4 is 24.3 Å². The molecule has 3 rings (SSSR count). The number of methoxy groups -OCH3 is 2. The highest BCUT2D eigenvalue weighted by Gasteiger charge is 2.17. The predicted octanol–water partition coefficient (Wildman–Crippen LogP) is 3.28. The van der Waals surface area contributed by atoms with Crippen molar-refractivity contribution in [1.29, 1.82) is 0 Å². The minimum Gasteiger partial charge on any atom is -0.493 e. The van der Waals surface area contributed by atoms with Gasteiger partial charge in [0.25, 0.3) is 0 Å². The highest BCUT2D eigenvalue weighted by Crippen LogP contribution is 2.35. The van der Waals surface area contributed by atoms with Gasteiger partial charge in [-0.3, -0.25) is 0 Å². The van der Waals surface area contributed by atoms with Crippen LogP contribution in [0.1, 0.15) is 24.1 Å². The zero-order valence-corrected chi connectivity index (χ0v) is 13.6. The van der Waals surface area contributed by atoms with Crippen molar-refractivity contribution >= 4 is 0 Å². The van der Waals surface area contributed by atoms with E-state index in [0.717, 1.165) is 34.1 Å². The molecular weight excluding hydrogens is 294 g/mol. The summed E-state index contributed by atoms with van der Waals surface area (Å²) in [6, 6.07) is 12.0. The molecule has 1 N–H and O–H groups in total. The highest BCUT2D eigenvalue weighted by atomic mass is 16.7. The third kappa shape index (κ3) is 3.19. The second-order valence-electron chi connectivity index (χ2n) is 5.37. The van der Waals surface area contributed by atoms with E-state index in [9.17, 15) is 0 Å². The molecule has 0 aromatic heterocycles. The summed E-state index contributed by atoms with van der Waals surface area (Å²) in [4.78, 5) is 0. The molecule has 0 saturated heterocycles. The SMILES string of the molecule is COc1ccc([C@H](C)NCc2cccc3c2OCO3)cc1OC. The molecule has 23 heavy (non-hydrogen) atoms. The fourth-order valence-corrected chi connectivity index (χ4v) is 2.63. The summed E-state index contributed by atoms with van der Waals surface area (Å²) in [6.07, 6.45) is 0. The molecule has 1 atom stereocenters. The molecule has 0 radical (unpaired) electrons. The molecular formula is C18H21NO4. The average molecular weight is 315 g/mol. The van der Waals surface area contributed by atoms with Gasteiger partial charge in [0, 0.05) is 18.2 Å². The van der Waals surface area contributed by atoms with Crippen molar-refractivity contribution in [2.45, 2.75) is 19.5 Å². The maximum Gasteiger partial charge on any atom is 0.231 e. The van der Waals surface area contributed by atoms with Crippen LogP contribution in [-0.2, 0) is 6.54 Å². The first-order chi connectivity index (χ1) is 11.2. The van der Waals surface area contributed by atoms with E-state index in [1.807, 2.05) is 36.4 Å². The number of nitrogens with one attached hydrogen (secondary N) is 1. The van der Waals surface area contributed by atoms with E-state index < -0.39 is 0 Å². The maximum atomic E-state index is 5.54. The summed E-state index contributed by atoms with van der Waals surface area (Å²) in [5.41, 5.74) is 2.22. The van der Waals surface area contributed by atoms with E-state index in [2.05, 4.69) is 12.2 Å². The fourth-order valence-electron chi connectivity index (χ4n) is 2.63. The zero-order chi connectivity index (χ0) is 16.2. The van der Waals surface area contributed by atoms with Crippen LogP contribution in [0.3, 0.4) is 0 Å². The number of para-hydroxylation sites is 1. The Morgan fingerprint density at radius 1 is 1.09 bits per heavy atom. The average Bonchev–Trinajstić information content (AvgIpc) is 3.08. The molecule has 2 aromatic rings. The number of hydrogen-bond acceptors (Lipinski definition) is 5. The number of benzene rings is 2. The van der Waals surface area contributed by atoms with Crippen LogP contribution in [0.25, 0.3) is 0 Å². The van der Waals surface area contributed by atoms with Crippen molar-refractivity contribution in [1.82, 2.24) is 5.32 Å². The smallest absolute Gasteiger partial charge is 0.231 e. The third-order valence-electron chi connectivity index (χ3n) is 3.98. The normalized spacial score (nSPS) is 13.7. The van der Waals surface area contributed by atoms with E-state index >= 15 is 0 Å². The van der Waals surface area contributed by atoms with Gasteiger partial charge < -0.3 is 24.3 Å². The first-order valence-electron chi connectivity index (χ1n) is 7.55. The van der Waals surface area contributed by atoms with Crippen molar-refractivity contribution in [3.63, 3.8) is 0 Å². The quantitative estimate of drug-likeness (QED) is 0.886. The van der Waals surface area contributed by atoms with E-state index in [4.69, 9.17) is 18.9 Å². The van der Waals surface area contributed by atoms with Gasteiger partial charge in [0.15, 0.2) is 23.0 Å². The summed E-state index contributed by atoms with van der Waals surface area (Å²) in [5, 5.41) is 3.50. The Hall–Kier alpha value is -2.40. The molecule has 0 saturated carbocycles. The van der Waals surface area contributed by atoms with Gasteiger partial charge in [-0.25, -0.2) is 0 Å². The molecule has 0 aliphatic carbocycles. The van der Waals surface area contributed by atoms with Crippen LogP contribution in [-0.4, -0.2) is 21.0 Å². The van der Waals surface area contributed by atoms with Crippen LogP contribution >= 0.6 is 0 Å². The van der Waals surface area contributed by atoms with Gasteiger partial charge in [0.1, 0.15) is 0 Å². The summed E-state index contributed by atoms with van der Waals surface area (Å²) < 4.78 is 21.6. The minimum atomic E-state index is 0.160. The molecule has 0 spiro atoms. The van der Waals surface area contributed by atoms with Crippen molar-refractivity contribution < 1.29 is 18.9 Å². The topological polar surface area (TPSA) is 49.0 Å². The molecule has 0 unspecified atom stereocenters. The van der Waals surface area contributed by atoms with Gasteiger partial charge in [-0.15, -0.1) is 0 Å². The Morgan fingerprint density at radius 2 is 1.91 bits per heavy atom. The molecule has 122 valence electrons. The summed E-state index contributed by atoms with van der Waals surface area (Å²) >= 11 is 0.